The van der Waals surface area contributed by atoms with Gasteiger partial charge in [0, 0.05) is 16.0 Å². The van der Waals surface area contributed by atoms with Crippen molar-refractivity contribution in [3.63, 3.8) is 0 Å². The molecule has 3 rings (SSSR count). The minimum absolute atomic E-state index is 0.536. The van der Waals surface area contributed by atoms with Crippen molar-refractivity contribution in [3.8, 4) is 5.95 Å². The quantitative estimate of drug-likeness (QED) is 0.641. The van der Waals surface area contributed by atoms with Crippen LogP contribution in [0, 0.1) is 3.57 Å². The molecule has 2 heterocycles. The van der Waals surface area contributed by atoms with Gasteiger partial charge in [-0.3, -0.25) is 0 Å². The maximum absolute atomic E-state index is 4.21. The molecule has 0 atom stereocenters. The molecule has 0 spiro atoms. The highest BCUT2D eigenvalue weighted by Gasteiger charge is 2.07. The van der Waals surface area contributed by atoms with Gasteiger partial charge < -0.3 is 0 Å². The van der Waals surface area contributed by atoms with Gasteiger partial charge >= 0.3 is 0 Å². The third-order valence-corrected chi connectivity index (χ3v) is 2.71. The van der Waals surface area contributed by atoms with E-state index < -0.39 is 0 Å². The number of para-hydroxylation sites is 1. The molecule has 0 aliphatic carbocycles. The van der Waals surface area contributed by atoms with Crippen LogP contribution < -0.4 is 0 Å². The monoisotopic (exact) mass is 323 g/mol. The van der Waals surface area contributed by atoms with E-state index in [1.807, 2.05) is 24.3 Å². The molecule has 5 nitrogen and oxygen atoms in total. The van der Waals surface area contributed by atoms with Gasteiger partial charge in [-0.05, 0) is 34.7 Å². The summed E-state index contributed by atoms with van der Waals surface area (Å²) >= 11 is 2.16. The zero-order valence-corrected chi connectivity index (χ0v) is 10.2. The smallest absolute Gasteiger partial charge is 0.218 e. The number of hydrogen-bond donors (Lipinski definition) is 0. The lowest BCUT2D eigenvalue weighted by atomic mass is 10.3. The van der Waals surface area contributed by atoms with Crippen LogP contribution in [0.1, 0.15) is 0 Å². The Morgan fingerprint density at radius 3 is 2.62 bits per heavy atom. The topological polar surface area (TPSA) is 56.5 Å². The molecule has 0 N–H and O–H groups in total. The van der Waals surface area contributed by atoms with Gasteiger partial charge in [-0.1, -0.05) is 17.3 Å². The van der Waals surface area contributed by atoms with Crippen LogP contribution in [-0.4, -0.2) is 25.0 Å². The summed E-state index contributed by atoms with van der Waals surface area (Å²) in [7, 11) is 0. The highest BCUT2D eigenvalue weighted by molar-refractivity contribution is 14.1. The highest BCUT2D eigenvalue weighted by atomic mass is 127. The Morgan fingerprint density at radius 1 is 1.06 bits per heavy atom. The lowest BCUT2D eigenvalue weighted by Crippen LogP contribution is -2.02. The first-order chi connectivity index (χ1) is 7.84. The van der Waals surface area contributed by atoms with Crippen molar-refractivity contribution in [1.82, 2.24) is 25.0 Å². The van der Waals surface area contributed by atoms with E-state index in [1.165, 1.54) is 0 Å². The fraction of sp³-hybridized carbons (Fsp3) is 0. The zero-order chi connectivity index (χ0) is 11.0. The normalized spacial score (nSPS) is 10.8. The molecule has 2 aromatic heterocycles. The Kier molecular flexibility index (Phi) is 2.28. The van der Waals surface area contributed by atoms with Crippen LogP contribution in [0.15, 0.2) is 36.7 Å². The highest BCUT2D eigenvalue weighted by Crippen LogP contribution is 2.12. The summed E-state index contributed by atoms with van der Waals surface area (Å²) in [4.78, 5) is 8.43. The van der Waals surface area contributed by atoms with Crippen LogP contribution in [0.2, 0.25) is 0 Å². The van der Waals surface area contributed by atoms with E-state index in [0.29, 0.717) is 5.95 Å². The van der Waals surface area contributed by atoms with E-state index in [2.05, 4.69) is 42.9 Å². The number of rotatable bonds is 1. The molecule has 6 heteroatoms. The zero-order valence-electron chi connectivity index (χ0n) is 8.08. The largest absolute Gasteiger partial charge is 0.252 e. The van der Waals surface area contributed by atoms with E-state index in [4.69, 9.17) is 0 Å². The fourth-order valence-corrected chi connectivity index (χ4v) is 1.71. The third kappa shape index (κ3) is 1.54. The lowest BCUT2D eigenvalue weighted by Gasteiger charge is -1.98. The summed E-state index contributed by atoms with van der Waals surface area (Å²) in [6, 6.07) is 7.72. The molecule has 0 unspecified atom stereocenters. The summed E-state index contributed by atoms with van der Waals surface area (Å²) in [6.45, 7) is 0. The molecule has 0 aliphatic rings. The van der Waals surface area contributed by atoms with Crippen molar-refractivity contribution in [1.29, 1.82) is 0 Å². The van der Waals surface area contributed by atoms with Crippen LogP contribution in [0.25, 0.3) is 17.0 Å². The molecule has 78 valence electrons. The Bertz CT molecular complexity index is 631. The average molecular weight is 323 g/mol. The molecule has 0 aliphatic heterocycles. The predicted octanol–water partition coefficient (Wildman–Crippen LogP) is 1.82. The van der Waals surface area contributed by atoms with E-state index in [0.717, 1.165) is 14.6 Å². The van der Waals surface area contributed by atoms with Crippen molar-refractivity contribution in [2.24, 2.45) is 0 Å². The molecule has 0 amide bonds. The van der Waals surface area contributed by atoms with Gasteiger partial charge in [0.25, 0.3) is 5.95 Å². The third-order valence-electron chi connectivity index (χ3n) is 2.15. The van der Waals surface area contributed by atoms with Crippen LogP contribution in [-0.2, 0) is 0 Å². The number of aromatic nitrogens is 5. The van der Waals surface area contributed by atoms with Crippen molar-refractivity contribution < 1.29 is 0 Å². The summed E-state index contributed by atoms with van der Waals surface area (Å²) in [6.07, 6.45) is 3.50. The summed E-state index contributed by atoms with van der Waals surface area (Å²) in [5, 5.41) is 8.08. The van der Waals surface area contributed by atoms with Gasteiger partial charge in [0.15, 0.2) is 0 Å². The minimum Gasteiger partial charge on any atom is -0.218 e. The minimum atomic E-state index is 0.536. The number of hydrogen-bond acceptors (Lipinski definition) is 4. The Morgan fingerprint density at radius 2 is 1.81 bits per heavy atom. The van der Waals surface area contributed by atoms with Gasteiger partial charge in [0.1, 0.15) is 5.52 Å². The van der Waals surface area contributed by atoms with Gasteiger partial charge in [-0.15, -0.1) is 5.10 Å². The number of halogens is 1. The lowest BCUT2D eigenvalue weighted by molar-refractivity contribution is 0.772. The van der Waals surface area contributed by atoms with Crippen LogP contribution in [0.5, 0.6) is 0 Å². The first-order valence-electron chi connectivity index (χ1n) is 4.63. The predicted molar refractivity (Wildman–Crippen MR) is 67.2 cm³/mol. The fourth-order valence-electron chi connectivity index (χ4n) is 1.43. The van der Waals surface area contributed by atoms with Gasteiger partial charge in [0.05, 0.1) is 5.52 Å². The van der Waals surface area contributed by atoms with Crippen molar-refractivity contribution in [3.05, 3.63) is 40.2 Å². The van der Waals surface area contributed by atoms with Crippen molar-refractivity contribution >= 4 is 33.6 Å². The Labute approximate surface area is 105 Å². The summed E-state index contributed by atoms with van der Waals surface area (Å²) < 4.78 is 2.62. The molecule has 0 saturated carbocycles. The van der Waals surface area contributed by atoms with Crippen LogP contribution >= 0.6 is 22.6 Å². The molecule has 3 aromatic rings. The van der Waals surface area contributed by atoms with Crippen LogP contribution in [0.4, 0.5) is 0 Å². The summed E-state index contributed by atoms with van der Waals surface area (Å²) in [5.74, 6) is 0.536. The van der Waals surface area contributed by atoms with E-state index in [1.54, 1.807) is 17.1 Å². The second-order valence-electron chi connectivity index (χ2n) is 3.19. The van der Waals surface area contributed by atoms with Gasteiger partial charge in [-0.25, -0.2) is 9.97 Å². The maximum atomic E-state index is 4.21. The maximum Gasteiger partial charge on any atom is 0.252 e. The first-order valence-corrected chi connectivity index (χ1v) is 5.71. The number of nitrogens with zero attached hydrogens (tertiary/aromatic N) is 5. The molecule has 1 aromatic carbocycles. The first kappa shape index (κ1) is 9.64. The Balaban J connectivity index is 2.22. The molecule has 0 fully saturated rings. The van der Waals surface area contributed by atoms with Crippen molar-refractivity contribution in [2.45, 2.75) is 0 Å². The molecule has 16 heavy (non-hydrogen) atoms. The van der Waals surface area contributed by atoms with E-state index in [-0.39, 0.29) is 0 Å². The summed E-state index contributed by atoms with van der Waals surface area (Å²) in [5.41, 5.74) is 1.74. The second-order valence-corrected chi connectivity index (χ2v) is 4.44. The number of benzene rings is 1. The van der Waals surface area contributed by atoms with Gasteiger partial charge in [0.2, 0.25) is 0 Å². The van der Waals surface area contributed by atoms with E-state index in [9.17, 15) is 0 Å². The molecular formula is C10H6IN5. The van der Waals surface area contributed by atoms with Crippen molar-refractivity contribution in [2.75, 3.05) is 0 Å². The number of fused-ring (bicyclic) bond motifs is 1. The molecule has 0 saturated heterocycles. The molecule has 0 radical (unpaired) electrons. The second kappa shape index (κ2) is 3.78. The van der Waals surface area contributed by atoms with Crippen LogP contribution in [0.3, 0.4) is 0 Å². The standard InChI is InChI=1S/C10H6IN5/c11-7-5-12-10(13-6-7)16-9-4-2-1-3-8(9)14-15-16/h1-6H. The van der Waals surface area contributed by atoms with Gasteiger partial charge in [-0.2, -0.15) is 4.68 Å². The van der Waals surface area contributed by atoms with E-state index >= 15 is 0 Å². The SMILES string of the molecule is Ic1cnc(-n2nnc3ccccc32)nc1. The molecular weight excluding hydrogens is 317 g/mol. The average Bonchev–Trinajstić information content (AvgIpc) is 2.74. The Hall–Kier alpha value is -1.57. The molecule has 0 bridgehead atoms.